The van der Waals surface area contributed by atoms with Gasteiger partial charge in [0.25, 0.3) is 11.8 Å². The molecule has 0 aliphatic carbocycles. The highest BCUT2D eigenvalue weighted by Gasteiger charge is 2.34. The highest BCUT2D eigenvalue weighted by atomic mass is 16.5. The fraction of sp³-hybridized carbons (Fsp3) is 0.0909. The molecular formula is C22H18N2O3. The highest BCUT2D eigenvalue weighted by Crippen LogP contribution is 2.23. The first-order valence-corrected chi connectivity index (χ1v) is 8.68. The van der Waals surface area contributed by atoms with Crippen molar-refractivity contribution in [2.45, 2.75) is 6.61 Å². The molecule has 0 saturated carbocycles. The lowest BCUT2D eigenvalue weighted by Crippen LogP contribution is -2.34. The summed E-state index contributed by atoms with van der Waals surface area (Å²) < 4.78 is 5.75. The number of hydrogen-bond acceptors (Lipinski definition) is 4. The van der Waals surface area contributed by atoms with Crippen molar-refractivity contribution < 1.29 is 14.3 Å². The molecule has 0 atom stereocenters. The minimum absolute atomic E-state index is 0.122. The average molecular weight is 358 g/mol. The maximum absolute atomic E-state index is 12.3. The number of nitrogens with zero attached hydrogens (tertiary/aromatic N) is 1. The Morgan fingerprint density at radius 2 is 1.33 bits per heavy atom. The van der Waals surface area contributed by atoms with Gasteiger partial charge >= 0.3 is 0 Å². The predicted molar refractivity (Wildman–Crippen MR) is 103 cm³/mol. The maximum atomic E-state index is 12.3. The first-order valence-electron chi connectivity index (χ1n) is 8.68. The Balaban J connectivity index is 1.34. The van der Waals surface area contributed by atoms with Crippen molar-refractivity contribution in [1.29, 1.82) is 0 Å². The van der Waals surface area contributed by atoms with Gasteiger partial charge in [0.05, 0.1) is 17.8 Å². The van der Waals surface area contributed by atoms with E-state index in [1.54, 1.807) is 24.3 Å². The fourth-order valence-corrected chi connectivity index (χ4v) is 2.96. The van der Waals surface area contributed by atoms with Crippen LogP contribution in [0.3, 0.4) is 0 Å². The molecule has 134 valence electrons. The van der Waals surface area contributed by atoms with Gasteiger partial charge in [-0.3, -0.25) is 14.5 Å². The molecule has 0 bridgehead atoms. The van der Waals surface area contributed by atoms with Crippen molar-refractivity contribution in [1.82, 2.24) is 4.90 Å². The molecule has 1 N–H and O–H groups in total. The summed E-state index contributed by atoms with van der Waals surface area (Å²) in [6.45, 7) is 0.624. The third-order valence-corrected chi connectivity index (χ3v) is 4.42. The van der Waals surface area contributed by atoms with E-state index >= 15 is 0 Å². The van der Waals surface area contributed by atoms with Gasteiger partial charge < -0.3 is 10.1 Å². The Morgan fingerprint density at radius 3 is 1.96 bits per heavy atom. The topological polar surface area (TPSA) is 58.6 Å². The van der Waals surface area contributed by atoms with Crippen LogP contribution in [0.25, 0.3) is 0 Å². The molecule has 27 heavy (non-hydrogen) atoms. The van der Waals surface area contributed by atoms with Gasteiger partial charge in [0, 0.05) is 5.69 Å². The largest absolute Gasteiger partial charge is 0.489 e. The molecule has 5 heteroatoms. The van der Waals surface area contributed by atoms with Crippen molar-refractivity contribution >= 4 is 17.5 Å². The standard InChI is InChI=1S/C22H18N2O3/c25-21-19-8-4-5-9-20(19)22(26)24(21)15-23-17-10-12-18(13-11-17)27-14-16-6-2-1-3-7-16/h1-13,23H,14-15H2. The molecule has 4 rings (SSSR count). The van der Waals surface area contributed by atoms with E-state index in [2.05, 4.69) is 5.32 Å². The van der Waals surface area contributed by atoms with E-state index in [1.165, 1.54) is 4.90 Å². The second kappa shape index (κ2) is 7.33. The molecule has 3 aromatic carbocycles. The summed E-state index contributed by atoms with van der Waals surface area (Å²) in [6, 6.07) is 24.2. The molecule has 1 aliphatic rings. The Kier molecular flexibility index (Phi) is 4.58. The number of nitrogens with one attached hydrogen (secondary N) is 1. The SMILES string of the molecule is O=C1c2ccccc2C(=O)N1CNc1ccc(OCc2ccccc2)cc1. The number of benzene rings is 3. The molecule has 0 fully saturated rings. The number of anilines is 1. The number of hydrogen-bond donors (Lipinski definition) is 1. The smallest absolute Gasteiger partial charge is 0.263 e. The minimum Gasteiger partial charge on any atom is -0.489 e. The summed E-state index contributed by atoms with van der Waals surface area (Å²) in [5.74, 6) is 0.210. The third-order valence-electron chi connectivity index (χ3n) is 4.42. The lowest BCUT2D eigenvalue weighted by atomic mass is 10.1. The van der Waals surface area contributed by atoms with Gasteiger partial charge in [0.15, 0.2) is 0 Å². The monoisotopic (exact) mass is 358 g/mol. The number of fused-ring (bicyclic) bond motifs is 1. The molecule has 0 aromatic heterocycles. The minimum atomic E-state index is -0.272. The van der Waals surface area contributed by atoms with E-state index in [1.807, 2.05) is 54.6 Å². The van der Waals surface area contributed by atoms with Crippen molar-refractivity contribution in [2.24, 2.45) is 0 Å². The van der Waals surface area contributed by atoms with Crippen molar-refractivity contribution in [3.05, 3.63) is 95.6 Å². The van der Waals surface area contributed by atoms with Crippen LogP contribution >= 0.6 is 0 Å². The molecule has 1 aliphatic heterocycles. The van der Waals surface area contributed by atoms with Crippen LogP contribution in [0.5, 0.6) is 5.75 Å². The zero-order chi connectivity index (χ0) is 18.6. The quantitative estimate of drug-likeness (QED) is 0.678. The summed E-state index contributed by atoms with van der Waals surface area (Å²) in [7, 11) is 0. The number of rotatable bonds is 6. The zero-order valence-corrected chi connectivity index (χ0v) is 14.6. The summed E-state index contributed by atoms with van der Waals surface area (Å²) in [4.78, 5) is 25.9. The summed E-state index contributed by atoms with van der Waals surface area (Å²) in [5, 5.41) is 3.11. The van der Waals surface area contributed by atoms with Crippen molar-refractivity contribution in [3.63, 3.8) is 0 Å². The predicted octanol–water partition coefficient (Wildman–Crippen LogP) is 3.93. The summed E-state index contributed by atoms with van der Waals surface area (Å²) >= 11 is 0. The Morgan fingerprint density at radius 1 is 0.741 bits per heavy atom. The van der Waals surface area contributed by atoms with E-state index in [0.717, 1.165) is 17.0 Å². The van der Waals surface area contributed by atoms with Crippen molar-refractivity contribution in [3.8, 4) is 5.75 Å². The van der Waals surface area contributed by atoms with Gasteiger partial charge in [-0.1, -0.05) is 42.5 Å². The second-order valence-corrected chi connectivity index (χ2v) is 6.22. The normalized spacial score (nSPS) is 12.8. The molecule has 0 radical (unpaired) electrons. The molecular weight excluding hydrogens is 340 g/mol. The van der Waals surface area contributed by atoms with Gasteiger partial charge in [-0.05, 0) is 42.0 Å². The lowest BCUT2D eigenvalue weighted by molar-refractivity contribution is 0.0666. The van der Waals surface area contributed by atoms with Crippen LogP contribution < -0.4 is 10.1 Å². The van der Waals surface area contributed by atoms with E-state index < -0.39 is 0 Å². The van der Waals surface area contributed by atoms with Gasteiger partial charge in [-0.25, -0.2) is 0 Å². The van der Waals surface area contributed by atoms with E-state index in [4.69, 9.17) is 4.74 Å². The van der Waals surface area contributed by atoms with Gasteiger partial charge in [-0.15, -0.1) is 0 Å². The summed E-state index contributed by atoms with van der Waals surface area (Å²) in [5.41, 5.74) is 2.81. The van der Waals surface area contributed by atoms with Gasteiger partial charge in [0.1, 0.15) is 12.4 Å². The van der Waals surface area contributed by atoms with Crippen LogP contribution in [0.1, 0.15) is 26.3 Å². The summed E-state index contributed by atoms with van der Waals surface area (Å²) in [6.07, 6.45) is 0. The molecule has 3 aromatic rings. The maximum Gasteiger partial charge on any atom is 0.263 e. The molecule has 0 unspecified atom stereocenters. The fourth-order valence-electron chi connectivity index (χ4n) is 2.96. The van der Waals surface area contributed by atoms with Crippen LogP contribution in [-0.2, 0) is 6.61 Å². The molecule has 1 heterocycles. The van der Waals surface area contributed by atoms with Crippen LogP contribution in [-0.4, -0.2) is 23.4 Å². The van der Waals surface area contributed by atoms with Crippen LogP contribution in [0.4, 0.5) is 5.69 Å². The Hall–Kier alpha value is -3.60. The van der Waals surface area contributed by atoms with Crippen LogP contribution in [0, 0.1) is 0 Å². The number of carbonyl (C=O) groups is 2. The first-order chi connectivity index (χ1) is 13.2. The molecule has 5 nitrogen and oxygen atoms in total. The van der Waals surface area contributed by atoms with Crippen LogP contribution in [0.2, 0.25) is 0 Å². The lowest BCUT2D eigenvalue weighted by Gasteiger charge is -2.16. The number of carbonyl (C=O) groups excluding carboxylic acids is 2. The molecule has 0 saturated heterocycles. The zero-order valence-electron chi connectivity index (χ0n) is 14.6. The Labute approximate surface area is 157 Å². The molecule has 2 amide bonds. The van der Waals surface area contributed by atoms with E-state index in [-0.39, 0.29) is 18.5 Å². The van der Waals surface area contributed by atoms with E-state index in [9.17, 15) is 9.59 Å². The second-order valence-electron chi connectivity index (χ2n) is 6.22. The van der Waals surface area contributed by atoms with Gasteiger partial charge in [-0.2, -0.15) is 0 Å². The average Bonchev–Trinajstić information content (AvgIpc) is 2.97. The number of ether oxygens (including phenoxy) is 1. The number of amides is 2. The first kappa shape index (κ1) is 16.8. The van der Waals surface area contributed by atoms with Crippen LogP contribution in [0.15, 0.2) is 78.9 Å². The third kappa shape index (κ3) is 3.53. The van der Waals surface area contributed by atoms with E-state index in [0.29, 0.717) is 17.7 Å². The van der Waals surface area contributed by atoms with Gasteiger partial charge in [0.2, 0.25) is 0 Å². The number of imide groups is 1. The van der Waals surface area contributed by atoms with Crippen molar-refractivity contribution in [2.75, 3.05) is 12.0 Å². The molecule has 0 spiro atoms. The highest BCUT2D eigenvalue weighted by molar-refractivity contribution is 6.21. The Bertz CT molecular complexity index is 933.